The third-order valence-corrected chi connectivity index (χ3v) is 3.17. The van der Waals surface area contributed by atoms with E-state index < -0.39 is 0 Å². The number of nitriles is 1. The minimum Gasteiger partial charge on any atom is -0.398 e. The molecule has 0 amide bonds. The van der Waals surface area contributed by atoms with Gasteiger partial charge in [-0.05, 0) is 17.5 Å². The van der Waals surface area contributed by atoms with Gasteiger partial charge in [0.15, 0.2) is 0 Å². The Morgan fingerprint density at radius 1 is 1.54 bits per heavy atom. The van der Waals surface area contributed by atoms with Crippen LogP contribution in [0.3, 0.4) is 0 Å². The number of nitrogens with zero attached hydrogens (tertiary/aromatic N) is 1. The minimum atomic E-state index is 0.605. The predicted molar refractivity (Wildman–Crippen MR) is 58.2 cm³/mol. The first-order chi connectivity index (χ1) is 6.24. The highest BCUT2D eigenvalue weighted by Gasteiger charge is 2.08. The van der Waals surface area contributed by atoms with Gasteiger partial charge in [-0.1, -0.05) is 0 Å². The van der Waals surface area contributed by atoms with Crippen LogP contribution in [0.25, 0.3) is 10.1 Å². The number of nitrogens with two attached hydrogens (primary N) is 1. The maximum absolute atomic E-state index is 8.89. The van der Waals surface area contributed by atoms with Crippen LogP contribution in [0.5, 0.6) is 0 Å². The molecule has 0 saturated heterocycles. The number of thiophene rings is 1. The molecule has 0 spiro atoms. The average Bonchev–Trinajstić information content (AvgIpc) is 2.53. The summed E-state index contributed by atoms with van der Waals surface area (Å²) in [6.45, 7) is 0. The molecule has 2 nitrogen and oxygen atoms in total. The highest BCUT2D eigenvalue weighted by molar-refractivity contribution is 7.80. The molecule has 2 rings (SSSR count). The lowest BCUT2D eigenvalue weighted by Crippen LogP contribution is -1.87. The molecule has 1 aromatic carbocycles. The zero-order valence-electron chi connectivity index (χ0n) is 6.61. The number of fused-ring (bicyclic) bond motifs is 1. The Bertz CT molecular complexity index is 508. The Morgan fingerprint density at radius 3 is 3.00 bits per heavy atom. The van der Waals surface area contributed by atoms with Gasteiger partial charge in [0, 0.05) is 10.3 Å². The highest BCUT2D eigenvalue weighted by Crippen LogP contribution is 2.33. The van der Waals surface area contributed by atoms with Crippen molar-refractivity contribution in [2.24, 2.45) is 0 Å². The molecule has 2 N–H and O–H groups in total. The summed E-state index contributed by atoms with van der Waals surface area (Å²) in [4.78, 5) is 0.644. The summed E-state index contributed by atoms with van der Waals surface area (Å²) in [5, 5.41) is 11.7. The SMILES string of the molecule is N#Cc1c(S)cc(N)c2sccc12. The first-order valence-corrected chi connectivity index (χ1v) is 4.95. The minimum absolute atomic E-state index is 0.605. The molecule has 1 heterocycles. The van der Waals surface area contributed by atoms with E-state index in [0.717, 1.165) is 10.1 Å². The van der Waals surface area contributed by atoms with Crippen molar-refractivity contribution in [3.63, 3.8) is 0 Å². The maximum atomic E-state index is 8.89. The molecule has 4 heteroatoms. The van der Waals surface area contributed by atoms with Crippen molar-refractivity contribution in [2.45, 2.75) is 4.90 Å². The molecule has 1 aromatic heterocycles. The van der Waals surface area contributed by atoms with Gasteiger partial charge in [0.05, 0.1) is 16.0 Å². The quantitative estimate of drug-likeness (QED) is 0.514. The second kappa shape index (κ2) is 2.95. The van der Waals surface area contributed by atoms with Crippen LogP contribution in [0.2, 0.25) is 0 Å². The number of thiol groups is 1. The summed E-state index contributed by atoms with van der Waals surface area (Å²) >= 11 is 5.74. The summed E-state index contributed by atoms with van der Waals surface area (Å²) in [7, 11) is 0. The first kappa shape index (κ1) is 8.42. The highest BCUT2D eigenvalue weighted by atomic mass is 32.1. The smallest absolute Gasteiger partial charge is 0.101 e. The summed E-state index contributed by atoms with van der Waals surface area (Å²) in [6.07, 6.45) is 0. The van der Waals surface area contributed by atoms with Gasteiger partial charge in [-0.15, -0.1) is 24.0 Å². The maximum Gasteiger partial charge on any atom is 0.101 e. The Balaban J connectivity index is 2.99. The molecule has 0 atom stereocenters. The van der Waals surface area contributed by atoms with Crippen molar-refractivity contribution in [3.05, 3.63) is 23.1 Å². The van der Waals surface area contributed by atoms with Crippen LogP contribution in [-0.4, -0.2) is 0 Å². The van der Waals surface area contributed by atoms with Crippen molar-refractivity contribution in [2.75, 3.05) is 5.73 Å². The lowest BCUT2D eigenvalue weighted by Gasteiger charge is -2.01. The Morgan fingerprint density at radius 2 is 2.31 bits per heavy atom. The van der Waals surface area contributed by atoms with E-state index in [4.69, 9.17) is 11.0 Å². The number of hydrogen-bond donors (Lipinski definition) is 2. The van der Waals surface area contributed by atoms with Crippen LogP contribution in [-0.2, 0) is 0 Å². The lowest BCUT2D eigenvalue weighted by molar-refractivity contribution is 1.42. The van der Waals surface area contributed by atoms with E-state index in [0.29, 0.717) is 16.1 Å². The number of anilines is 1. The van der Waals surface area contributed by atoms with Gasteiger partial charge in [-0.25, -0.2) is 0 Å². The molecule has 0 aliphatic rings. The third kappa shape index (κ3) is 1.17. The summed E-state index contributed by atoms with van der Waals surface area (Å²) in [6, 6.07) is 5.75. The van der Waals surface area contributed by atoms with Gasteiger partial charge in [0.1, 0.15) is 6.07 Å². The fourth-order valence-corrected chi connectivity index (χ4v) is 2.41. The molecule has 0 unspecified atom stereocenters. The first-order valence-electron chi connectivity index (χ1n) is 3.63. The molecule has 0 saturated carbocycles. The van der Waals surface area contributed by atoms with E-state index in [9.17, 15) is 0 Å². The van der Waals surface area contributed by atoms with E-state index in [2.05, 4.69) is 18.7 Å². The fourth-order valence-electron chi connectivity index (χ4n) is 1.27. The Hall–Kier alpha value is -1.18. The molecule has 0 radical (unpaired) electrons. The Labute approximate surface area is 85.0 Å². The van der Waals surface area contributed by atoms with E-state index in [-0.39, 0.29) is 0 Å². The van der Waals surface area contributed by atoms with E-state index in [1.807, 2.05) is 11.4 Å². The molecule has 0 aliphatic carbocycles. The van der Waals surface area contributed by atoms with Gasteiger partial charge in [0.25, 0.3) is 0 Å². The fraction of sp³-hybridized carbons (Fsp3) is 0. The molecular formula is C9H6N2S2. The van der Waals surface area contributed by atoms with Crippen molar-refractivity contribution >= 4 is 39.7 Å². The van der Waals surface area contributed by atoms with Gasteiger partial charge in [-0.2, -0.15) is 5.26 Å². The molecule has 0 bridgehead atoms. The molecular weight excluding hydrogens is 200 g/mol. The van der Waals surface area contributed by atoms with Gasteiger partial charge >= 0.3 is 0 Å². The third-order valence-electron chi connectivity index (χ3n) is 1.86. The zero-order chi connectivity index (χ0) is 9.42. The molecule has 0 fully saturated rings. The Kier molecular flexibility index (Phi) is 1.91. The van der Waals surface area contributed by atoms with Gasteiger partial charge in [0.2, 0.25) is 0 Å². The van der Waals surface area contributed by atoms with Crippen LogP contribution in [0.15, 0.2) is 22.4 Å². The van der Waals surface area contributed by atoms with E-state index >= 15 is 0 Å². The number of benzene rings is 1. The zero-order valence-corrected chi connectivity index (χ0v) is 8.32. The number of hydrogen-bond acceptors (Lipinski definition) is 4. The summed E-state index contributed by atoms with van der Waals surface area (Å²) < 4.78 is 0.967. The van der Waals surface area contributed by atoms with Crippen molar-refractivity contribution in [1.82, 2.24) is 0 Å². The van der Waals surface area contributed by atoms with E-state index in [1.54, 1.807) is 17.4 Å². The number of nitrogen functional groups attached to an aromatic ring is 1. The normalized spacial score (nSPS) is 10.2. The van der Waals surface area contributed by atoms with Crippen molar-refractivity contribution in [1.29, 1.82) is 5.26 Å². The molecule has 2 aromatic rings. The second-order valence-corrected chi connectivity index (χ2v) is 4.03. The summed E-state index contributed by atoms with van der Waals surface area (Å²) in [5.41, 5.74) is 7.07. The van der Waals surface area contributed by atoms with E-state index in [1.165, 1.54) is 0 Å². The van der Waals surface area contributed by atoms with Crippen LogP contribution >= 0.6 is 24.0 Å². The average molecular weight is 206 g/mol. The standard InChI is InChI=1S/C9H6N2S2/c10-4-6-5-1-2-13-9(5)7(11)3-8(6)12/h1-3,12H,11H2. The van der Waals surface area contributed by atoms with Gasteiger partial charge in [-0.3, -0.25) is 0 Å². The van der Waals surface area contributed by atoms with Crippen LogP contribution in [0.1, 0.15) is 5.56 Å². The number of rotatable bonds is 0. The molecule has 0 aliphatic heterocycles. The van der Waals surface area contributed by atoms with Crippen LogP contribution in [0.4, 0.5) is 5.69 Å². The largest absolute Gasteiger partial charge is 0.398 e. The monoisotopic (exact) mass is 206 g/mol. The molecule has 64 valence electrons. The second-order valence-electron chi connectivity index (χ2n) is 2.64. The summed E-state index contributed by atoms with van der Waals surface area (Å²) in [5.74, 6) is 0. The van der Waals surface area contributed by atoms with Crippen molar-refractivity contribution < 1.29 is 0 Å². The van der Waals surface area contributed by atoms with Crippen molar-refractivity contribution in [3.8, 4) is 6.07 Å². The van der Waals surface area contributed by atoms with Crippen LogP contribution in [0, 0.1) is 11.3 Å². The lowest BCUT2D eigenvalue weighted by atomic mass is 10.1. The topological polar surface area (TPSA) is 49.8 Å². The van der Waals surface area contributed by atoms with Crippen LogP contribution < -0.4 is 5.73 Å². The van der Waals surface area contributed by atoms with Gasteiger partial charge < -0.3 is 5.73 Å². The molecule has 13 heavy (non-hydrogen) atoms. The predicted octanol–water partition coefficient (Wildman–Crippen LogP) is 2.64.